The molecule has 2 aromatic carbocycles. The van der Waals surface area contributed by atoms with Crippen LogP contribution in [0.4, 0.5) is 0 Å². The predicted molar refractivity (Wildman–Crippen MR) is 73.1 cm³/mol. The second kappa shape index (κ2) is 4.09. The second-order valence-corrected chi connectivity index (χ2v) is 5.13. The van der Waals surface area contributed by atoms with Crippen molar-refractivity contribution in [2.24, 2.45) is 0 Å². The fourth-order valence-corrected chi connectivity index (χ4v) is 2.87. The number of hydrogen-bond acceptors (Lipinski definition) is 1. The molecule has 0 saturated heterocycles. The van der Waals surface area contributed by atoms with Crippen LogP contribution in [0.3, 0.4) is 0 Å². The monoisotopic (exact) mass is 236 g/mol. The maximum atomic E-state index is 12.0. The first-order chi connectivity index (χ1) is 8.66. The van der Waals surface area contributed by atoms with E-state index >= 15 is 0 Å². The first-order valence-corrected chi connectivity index (χ1v) is 6.36. The van der Waals surface area contributed by atoms with Gasteiger partial charge in [0, 0.05) is 17.9 Å². The van der Waals surface area contributed by atoms with Crippen molar-refractivity contribution in [3.8, 4) is 0 Å². The fourth-order valence-electron chi connectivity index (χ4n) is 2.87. The van der Waals surface area contributed by atoms with Crippen LogP contribution in [0.2, 0.25) is 0 Å². The highest BCUT2D eigenvalue weighted by molar-refractivity contribution is 6.01. The van der Waals surface area contributed by atoms with Gasteiger partial charge in [0.1, 0.15) is 0 Å². The second-order valence-electron chi connectivity index (χ2n) is 5.13. The van der Waals surface area contributed by atoms with E-state index in [0.717, 1.165) is 5.56 Å². The largest absolute Gasteiger partial charge is 0.294 e. The lowest BCUT2D eigenvalue weighted by atomic mass is 9.89. The highest BCUT2D eigenvalue weighted by Gasteiger charge is 2.30. The number of rotatable bonds is 1. The van der Waals surface area contributed by atoms with Crippen molar-refractivity contribution in [3.05, 3.63) is 70.3 Å². The van der Waals surface area contributed by atoms with E-state index in [1.54, 1.807) is 0 Å². The predicted octanol–water partition coefficient (Wildman–Crippen LogP) is 4.02. The van der Waals surface area contributed by atoms with Gasteiger partial charge in [0.2, 0.25) is 0 Å². The van der Waals surface area contributed by atoms with Gasteiger partial charge in [0.25, 0.3) is 0 Å². The van der Waals surface area contributed by atoms with Crippen LogP contribution in [0, 0.1) is 13.8 Å². The summed E-state index contributed by atoms with van der Waals surface area (Å²) in [7, 11) is 0. The fraction of sp³-hybridized carbons (Fsp3) is 0.235. The van der Waals surface area contributed by atoms with Crippen LogP contribution in [0.1, 0.15) is 45.0 Å². The summed E-state index contributed by atoms with van der Waals surface area (Å²) in [4.78, 5) is 12.0. The normalized spacial score (nSPS) is 17.9. The zero-order chi connectivity index (χ0) is 12.7. The van der Waals surface area contributed by atoms with Crippen molar-refractivity contribution in [1.82, 2.24) is 0 Å². The minimum Gasteiger partial charge on any atom is -0.294 e. The van der Waals surface area contributed by atoms with Crippen LogP contribution < -0.4 is 0 Å². The van der Waals surface area contributed by atoms with Gasteiger partial charge in [-0.3, -0.25) is 4.79 Å². The van der Waals surface area contributed by atoms with Gasteiger partial charge in [-0.15, -0.1) is 0 Å². The molecule has 2 aromatic rings. The molecule has 1 aliphatic rings. The molecule has 0 amide bonds. The quantitative estimate of drug-likeness (QED) is 0.730. The molecule has 1 nitrogen and oxygen atoms in total. The first kappa shape index (κ1) is 11.2. The van der Waals surface area contributed by atoms with Gasteiger partial charge in [0.15, 0.2) is 5.78 Å². The smallest absolute Gasteiger partial charge is 0.164 e. The molecule has 3 rings (SSSR count). The summed E-state index contributed by atoms with van der Waals surface area (Å²) in [6, 6.07) is 14.5. The van der Waals surface area contributed by atoms with Crippen molar-refractivity contribution in [3.63, 3.8) is 0 Å². The average Bonchev–Trinajstić information content (AvgIpc) is 2.71. The number of hydrogen-bond donors (Lipinski definition) is 0. The van der Waals surface area contributed by atoms with Crippen LogP contribution in [0.15, 0.2) is 42.5 Å². The van der Waals surface area contributed by atoms with Crippen molar-refractivity contribution in [1.29, 1.82) is 0 Å². The van der Waals surface area contributed by atoms with Gasteiger partial charge in [0.05, 0.1) is 0 Å². The molecule has 1 heteroatoms. The highest BCUT2D eigenvalue weighted by Crippen LogP contribution is 2.39. The molecule has 0 fully saturated rings. The third-order valence-electron chi connectivity index (χ3n) is 3.84. The molecule has 0 spiro atoms. The molecule has 0 N–H and O–H groups in total. The Balaban J connectivity index is 2.15. The Morgan fingerprint density at radius 2 is 1.78 bits per heavy atom. The van der Waals surface area contributed by atoms with Crippen molar-refractivity contribution in [2.45, 2.75) is 26.2 Å². The Bertz CT molecular complexity index is 625. The summed E-state index contributed by atoms with van der Waals surface area (Å²) >= 11 is 0. The lowest BCUT2D eigenvalue weighted by Crippen LogP contribution is -2.00. The summed E-state index contributed by atoms with van der Waals surface area (Å²) in [6.07, 6.45) is 0.615. The maximum absolute atomic E-state index is 12.0. The average molecular weight is 236 g/mol. The minimum absolute atomic E-state index is 0.244. The maximum Gasteiger partial charge on any atom is 0.164 e. The number of carbonyl (C=O) groups excluding carboxylic acids is 1. The van der Waals surface area contributed by atoms with Gasteiger partial charge in [-0.25, -0.2) is 0 Å². The van der Waals surface area contributed by atoms with Gasteiger partial charge in [-0.05, 0) is 30.5 Å². The Morgan fingerprint density at radius 3 is 2.61 bits per heavy atom. The Labute approximate surface area is 107 Å². The number of Topliss-reactive ketones (excluding diaryl/α,β-unsaturated/α-hetero) is 1. The molecule has 0 radical (unpaired) electrons. The zero-order valence-corrected chi connectivity index (χ0v) is 10.7. The number of fused-ring (bicyclic) bond motifs is 1. The molecule has 1 atom stereocenters. The van der Waals surface area contributed by atoms with Gasteiger partial charge >= 0.3 is 0 Å². The van der Waals surface area contributed by atoms with E-state index in [9.17, 15) is 4.79 Å². The summed E-state index contributed by atoms with van der Waals surface area (Å²) in [5.74, 6) is 0.519. The highest BCUT2D eigenvalue weighted by atomic mass is 16.1. The van der Waals surface area contributed by atoms with Crippen molar-refractivity contribution < 1.29 is 4.79 Å². The van der Waals surface area contributed by atoms with E-state index in [4.69, 9.17) is 0 Å². The summed E-state index contributed by atoms with van der Waals surface area (Å²) in [5.41, 5.74) is 5.93. The third-order valence-corrected chi connectivity index (χ3v) is 3.84. The van der Waals surface area contributed by atoms with E-state index < -0.39 is 0 Å². The van der Waals surface area contributed by atoms with Crippen LogP contribution in [0.5, 0.6) is 0 Å². The van der Waals surface area contributed by atoms with E-state index in [0.29, 0.717) is 6.42 Å². The van der Waals surface area contributed by atoms with Gasteiger partial charge < -0.3 is 0 Å². The van der Waals surface area contributed by atoms with Crippen molar-refractivity contribution in [2.75, 3.05) is 0 Å². The molecule has 0 aromatic heterocycles. The first-order valence-electron chi connectivity index (χ1n) is 6.36. The number of carbonyl (C=O) groups is 1. The minimum atomic E-state index is 0.244. The molecule has 0 aliphatic heterocycles. The van der Waals surface area contributed by atoms with Crippen molar-refractivity contribution >= 4 is 5.78 Å². The van der Waals surface area contributed by atoms with Gasteiger partial charge in [-0.1, -0.05) is 48.0 Å². The molecular weight excluding hydrogens is 220 g/mol. The Morgan fingerprint density at radius 1 is 1.00 bits per heavy atom. The third kappa shape index (κ3) is 1.67. The SMILES string of the molecule is Cc1ccc(C)c(C2CC(=O)c3ccccc32)c1. The van der Waals surface area contributed by atoms with E-state index in [2.05, 4.69) is 38.1 Å². The molecule has 18 heavy (non-hydrogen) atoms. The molecule has 1 aliphatic carbocycles. The molecule has 0 heterocycles. The lowest BCUT2D eigenvalue weighted by Gasteiger charge is -2.15. The molecule has 0 saturated carbocycles. The standard InChI is InChI=1S/C17H16O/c1-11-7-8-12(2)15(9-11)16-10-17(18)14-6-4-3-5-13(14)16/h3-9,16H,10H2,1-2H3. The summed E-state index contributed by atoms with van der Waals surface area (Å²) in [5, 5.41) is 0. The Hall–Kier alpha value is -1.89. The lowest BCUT2D eigenvalue weighted by molar-refractivity contribution is 0.0991. The number of ketones is 1. The van der Waals surface area contributed by atoms with Crippen LogP contribution >= 0.6 is 0 Å². The molecular formula is C17H16O. The zero-order valence-electron chi connectivity index (χ0n) is 10.7. The van der Waals surface area contributed by atoms with Crippen LogP contribution in [-0.2, 0) is 0 Å². The van der Waals surface area contributed by atoms with Crippen LogP contribution in [-0.4, -0.2) is 5.78 Å². The molecule has 0 bridgehead atoms. The van der Waals surface area contributed by atoms with Crippen LogP contribution in [0.25, 0.3) is 0 Å². The van der Waals surface area contributed by atoms with E-state index in [-0.39, 0.29) is 11.7 Å². The molecule has 1 unspecified atom stereocenters. The van der Waals surface area contributed by atoms with E-state index in [1.807, 2.05) is 18.2 Å². The van der Waals surface area contributed by atoms with Gasteiger partial charge in [-0.2, -0.15) is 0 Å². The molecule has 90 valence electrons. The number of aryl methyl sites for hydroxylation is 2. The number of benzene rings is 2. The summed E-state index contributed by atoms with van der Waals surface area (Å²) < 4.78 is 0. The summed E-state index contributed by atoms with van der Waals surface area (Å²) in [6.45, 7) is 4.23. The van der Waals surface area contributed by atoms with E-state index in [1.165, 1.54) is 22.3 Å². The topological polar surface area (TPSA) is 17.1 Å². The Kier molecular flexibility index (Phi) is 2.55.